The van der Waals surface area contributed by atoms with Gasteiger partial charge in [-0.15, -0.1) is 0 Å². The second kappa shape index (κ2) is 4.71. The molecule has 0 aliphatic carbocycles. The molecule has 1 heterocycles. The minimum absolute atomic E-state index is 0.325. The molecule has 0 saturated carbocycles. The van der Waals surface area contributed by atoms with Gasteiger partial charge >= 0.3 is 0 Å². The largest absolute Gasteiger partial charge is 0.396 e. The van der Waals surface area contributed by atoms with Crippen molar-refractivity contribution in [2.24, 2.45) is 0 Å². The number of ether oxygens (including phenoxy) is 1. The lowest BCUT2D eigenvalue weighted by Crippen LogP contribution is -2.65. The van der Waals surface area contributed by atoms with Crippen molar-refractivity contribution < 1.29 is 35.4 Å². The van der Waals surface area contributed by atoms with Crippen LogP contribution in [0, 0.1) is 0 Å². The lowest BCUT2D eigenvalue weighted by molar-refractivity contribution is -0.352. The van der Waals surface area contributed by atoms with Crippen molar-refractivity contribution >= 4 is 0 Å². The van der Waals surface area contributed by atoms with Crippen LogP contribution >= 0.6 is 0 Å². The zero-order chi connectivity index (χ0) is 11.6. The van der Waals surface area contributed by atoms with Gasteiger partial charge in [-0.25, -0.2) is 0 Å². The van der Waals surface area contributed by atoms with Crippen molar-refractivity contribution in [2.75, 3.05) is 13.2 Å². The Labute approximate surface area is 86.2 Å². The second-order valence-electron chi connectivity index (χ2n) is 3.58. The molecule has 1 aliphatic heterocycles. The Balaban J connectivity index is 2.82. The Morgan fingerprint density at radius 3 is 2.13 bits per heavy atom. The third-order valence-corrected chi connectivity index (χ3v) is 2.52. The van der Waals surface area contributed by atoms with Crippen LogP contribution in [0.4, 0.5) is 0 Å². The summed E-state index contributed by atoms with van der Waals surface area (Å²) in [5.74, 6) is -2.15. The fraction of sp³-hybridized carbons (Fsp3) is 1.00. The lowest BCUT2D eigenvalue weighted by atomic mass is 9.91. The number of hydrogen-bond acceptors (Lipinski definition) is 7. The zero-order valence-electron chi connectivity index (χ0n) is 8.02. The molecule has 1 aliphatic rings. The molecule has 0 amide bonds. The SMILES string of the molecule is OCCC1(O)O[C@H](CO)[C@@H](O)[C@H](O)[C@H]1O. The van der Waals surface area contributed by atoms with Gasteiger partial charge in [-0.1, -0.05) is 0 Å². The molecule has 1 saturated heterocycles. The predicted molar refractivity (Wildman–Crippen MR) is 46.6 cm³/mol. The third kappa shape index (κ3) is 2.28. The lowest BCUT2D eigenvalue weighted by Gasteiger charge is -2.45. The highest BCUT2D eigenvalue weighted by molar-refractivity contribution is 4.95. The van der Waals surface area contributed by atoms with E-state index in [1.807, 2.05) is 0 Å². The summed E-state index contributed by atoms with van der Waals surface area (Å²) in [6, 6.07) is 0. The van der Waals surface area contributed by atoms with Crippen molar-refractivity contribution in [3.8, 4) is 0 Å². The van der Waals surface area contributed by atoms with Crippen LogP contribution in [-0.2, 0) is 4.74 Å². The molecule has 0 aromatic carbocycles. The van der Waals surface area contributed by atoms with Gasteiger partial charge in [0.15, 0.2) is 5.79 Å². The summed E-state index contributed by atoms with van der Waals surface area (Å²) in [4.78, 5) is 0. The van der Waals surface area contributed by atoms with E-state index in [9.17, 15) is 20.4 Å². The maximum atomic E-state index is 9.72. The summed E-state index contributed by atoms with van der Waals surface area (Å²) >= 11 is 0. The normalized spacial score (nSPS) is 46.8. The smallest absolute Gasteiger partial charge is 0.197 e. The summed E-state index contributed by atoms with van der Waals surface area (Å²) in [5.41, 5.74) is 0. The molecule has 5 atom stereocenters. The van der Waals surface area contributed by atoms with Gasteiger partial charge in [-0.3, -0.25) is 0 Å². The minimum Gasteiger partial charge on any atom is -0.396 e. The van der Waals surface area contributed by atoms with Crippen LogP contribution in [0.3, 0.4) is 0 Å². The van der Waals surface area contributed by atoms with Gasteiger partial charge < -0.3 is 35.4 Å². The molecule has 7 nitrogen and oxygen atoms in total. The first-order valence-electron chi connectivity index (χ1n) is 4.62. The maximum absolute atomic E-state index is 9.72. The topological polar surface area (TPSA) is 131 Å². The predicted octanol–water partition coefficient (Wildman–Crippen LogP) is -3.47. The zero-order valence-corrected chi connectivity index (χ0v) is 8.02. The van der Waals surface area contributed by atoms with Gasteiger partial charge in [0.2, 0.25) is 0 Å². The van der Waals surface area contributed by atoms with E-state index >= 15 is 0 Å². The highest BCUT2D eigenvalue weighted by atomic mass is 16.7. The third-order valence-electron chi connectivity index (χ3n) is 2.52. The molecule has 15 heavy (non-hydrogen) atoms. The molecule has 0 bridgehead atoms. The maximum Gasteiger partial charge on any atom is 0.197 e. The van der Waals surface area contributed by atoms with E-state index in [1.54, 1.807) is 0 Å². The highest BCUT2D eigenvalue weighted by Crippen LogP contribution is 2.30. The van der Waals surface area contributed by atoms with E-state index in [2.05, 4.69) is 0 Å². The summed E-state index contributed by atoms with van der Waals surface area (Å²) in [5, 5.41) is 55.3. The fourth-order valence-corrected chi connectivity index (χ4v) is 1.59. The van der Waals surface area contributed by atoms with E-state index in [0.717, 1.165) is 0 Å². The summed E-state index contributed by atoms with van der Waals surface area (Å²) in [7, 11) is 0. The van der Waals surface area contributed by atoms with Crippen LogP contribution in [0.25, 0.3) is 0 Å². The average molecular weight is 224 g/mol. The van der Waals surface area contributed by atoms with Crippen molar-refractivity contribution in [3.63, 3.8) is 0 Å². The Kier molecular flexibility index (Phi) is 4.01. The van der Waals surface area contributed by atoms with Crippen LogP contribution in [-0.4, -0.2) is 74.1 Å². The first-order chi connectivity index (χ1) is 6.96. The molecule has 90 valence electrons. The van der Waals surface area contributed by atoms with Crippen LogP contribution in [0.15, 0.2) is 0 Å². The van der Waals surface area contributed by atoms with Crippen LogP contribution in [0.5, 0.6) is 0 Å². The van der Waals surface area contributed by atoms with Crippen molar-refractivity contribution in [2.45, 2.75) is 36.6 Å². The summed E-state index contributed by atoms with van der Waals surface area (Å²) in [6.07, 6.45) is -6.37. The van der Waals surface area contributed by atoms with Crippen molar-refractivity contribution in [3.05, 3.63) is 0 Å². The van der Waals surface area contributed by atoms with Gasteiger partial charge in [-0.05, 0) is 0 Å². The van der Waals surface area contributed by atoms with Gasteiger partial charge in [0, 0.05) is 13.0 Å². The first kappa shape index (κ1) is 12.8. The van der Waals surface area contributed by atoms with E-state index in [0.29, 0.717) is 0 Å². The van der Waals surface area contributed by atoms with Gasteiger partial charge in [0.05, 0.1) is 6.61 Å². The standard InChI is InChI=1S/C8H16O7/c9-2-1-8(14)7(13)6(12)5(11)4(3-10)15-8/h4-7,9-14H,1-3H2/t4-,5-,6+,7-,8?/m1/s1. The molecule has 0 radical (unpaired) electrons. The minimum atomic E-state index is -2.15. The summed E-state index contributed by atoms with van der Waals surface area (Å²) in [6.45, 7) is -1.08. The molecule has 0 spiro atoms. The molecule has 0 aromatic rings. The van der Waals surface area contributed by atoms with Crippen LogP contribution in [0.2, 0.25) is 0 Å². The summed E-state index contributed by atoms with van der Waals surface area (Å²) < 4.78 is 4.84. The Morgan fingerprint density at radius 1 is 1.07 bits per heavy atom. The van der Waals surface area contributed by atoms with E-state index < -0.39 is 43.4 Å². The molecule has 6 N–H and O–H groups in total. The molecular weight excluding hydrogens is 208 g/mol. The number of aliphatic hydroxyl groups is 6. The monoisotopic (exact) mass is 224 g/mol. The highest BCUT2D eigenvalue weighted by Gasteiger charge is 2.51. The Hall–Kier alpha value is -0.280. The van der Waals surface area contributed by atoms with Crippen molar-refractivity contribution in [1.82, 2.24) is 0 Å². The van der Waals surface area contributed by atoms with Gasteiger partial charge in [0.1, 0.15) is 24.4 Å². The molecule has 1 rings (SSSR count). The van der Waals surface area contributed by atoms with Crippen LogP contribution in [0.1, 0.15) is 6.42 Å². The van der Waals surface area contributed by atoms with E-state index in [1.165, 1.54) is 0 Å². The Bertz CT molecular complexity index is 209. The number of hydrogen-bond donors (Lipinski definition) is 6. The van der Waals surface area contributed by atoms with E-state index in [4.69, 9.17) is 14.9 Å². The molecule has 1 fully saturated rings. The molecular formula is C8H16O7. The van der Waals surface area contributed by atoms with Gasteiger partial charge in [-0.2, -0.15) is 0 Å². The number of rotatable bonds is 3. The van der Waals surface area contributed by atoms with Crippen LogP contribution < -0.4 is 0 Å². The fourth-order valence-electron chi connectivity index (χ4n) is 1.59. The van der Waals surface area contributed by atoms with Gasteiger partial charge in [0.25, 0.3) is 0 Å². The Morgan fingerprint density at radius 2 is 1.67 bits per heavy atom. The number of aliphatic hydroxyl groups excluding tert-OH is 5. The average Bonchev–Trinajstić information content (AvgIpc) is 2.21. The van der Waals surface area contributed by atoms with E-state index in [-0.39, 0.29) is 6.42 Å². The quantitative estimate of drug-likeness (QED) is 0.293. The van der Waals surface area contributed by atoms with Crippen molar-refractivity contribution in [1.29, 1.82) is 0 Å². The molecule has 7 heteroatoms. The molecule has 1 unspecified atom stereocenters. The second-order valence-corrected chi connectivity index (χ2v) is 3.58. The first-order valence-corrected chi connectivity index (χ1v) is 4.62. The molecule has 0 aromatic heterocycles.